The van der Waals surface area contributed by atoms with Gasteiger partial charge in [-0.2, -0.15) is 0 Å². The number of nitrogens with zero attached hydrogens (tertiary/aromatic N) is 4. The second-order valence-electron chi connectivity index (χ2n) is 8.72. The Morgan fingerprint density at radius 3 is 2.78 bits per heavy atom. The molecule has 0 aliphatic carbocycles. The third-order valence-corrected chi connectivity index (χ3v) is 6.84. The molecular formula is C25H25ClN6. The van der Waals surface area contributed by atoms with E-state index in [-0.39, 0.29) is 6.04 Å². The van der Waals surface area contributed by atoms with Crippen molar-refractivity contribution in [2.75, 3.05) is 23.3 Å². The zero-order valence-electron chi connectivity index (χ0n) is 17.9. The summed E-state index contributed by atoms with van der Waals surface area (Å²) >= 11 is 6.39. The Labute approximate surface area is 192 Å². The van der Waals surface area contributed by atoms with Gasteiger partial charge in [-0.05, 0) is 43.2 Å². The second-order valence-corrected chi connectivity index (χ2v) is 9.16. The fourth-order valence-electron chi connectivity index (χ4n) is 4.98. The summed E-state index contributed by atoms with van der Waals surface area (Å²) in [6.07, 6.45) is 3.01. The average molecular weight is 445 g/mol. The van der Waals surface area contributed by atoms with E-state index in [1.807, 2.05) is 41.2 Å². The summed E-state index contributed by atoms with van der Waals surface area (Å²) in [5, 5.41) is 14.0. The van der Waals surface area contributed by atoms with Crippen molar-refractivity contribution in [3.63, 3.8) is 0 Å². The zero-order valence-corrected chi connectivity index (χ0v) is 18.6. The lowest BCUT2D eigenvalue weighted by atomic mass is 10.1. The van der Waals surface area contributed by atoms with Gasteiger partial charge in [0.05, 0.1) is 11.2 Å². The van der Waals surface area contributed by atoms with E-state index in [1.165, 1.54) is 12.0 Å². The van der Waals surface area contributed by atoms with E-state index in [1.54, 1.807) is 0 Å². The number of rotatable bonds is 5. The molecule has 6 rings (SSSR count). The summed E-state index contributed by atoms with van der Waals surface area (Å²) in [4.78, 5) is 7.00. The normalized spacial score (nSPS) is 20.8. The summed E-state index contributed by atoms with van der Waals surface area (Å²) in [7, 11) is 0. The quantitative estimate of drug-likeness (QED) is 0.463. The number of hydrogen-bond acceptors (Lipinski definition) is 5. The topological polar surface area (TPSA) is 58.0 Å². The zero-order chi connectivity index (χ0) is 21.7. The van der Waals surface area contributed by atoms with Crippen molar-refractivity contribution in [1.82, 2.24) is 20.1 Å². The maximum absolute atomic E-state index is 6.39. The molecule has 2 aliphatic rings. The highest BCUT2D eigenvalue weighted by Gasteiger charge is 2.39. The molecule has 0 spiro atoms. The average Bonchev–Trinajstić information content (AvgIpc) is 3.54. The van der Waals surface area contributed by atoms with Gasteiger partial charge in [0.1, 0.15) is 5.82 Å². The SMILES string of the molecule is C[C@H](Nc1cc(-n2nc(N3CC4CC3CN4)c3ccc(Cl)cc32)ccn1)c1ccccc1. The van der Waals surface area contributed by atoms with Gasteiger partial charge in [0.25, 0.3) is 0 Å². The number of anilines is 2. The third-order valence-electron chi connectivity index (χ3n) is 6.60. The molecule has 0 amide bonds. The molecule has 2 aromatic heterocycles. The molecule has 3 atom stereocenters. The number of hydrogen-bond donors (Lipinski definition) is 2. The first-order chi connectivity index (χ1) is 15.7. The number of halogens is 1. The van der Waals surface area contributed by atoms with Crippen LogP contribution in [0.1, 0.15) is 24.9 Å². The Kier molecular flexibility index (Phi) is 4.77. The molecule has 32 heavy (non-hydrogen) atoms. The van der Waals surface area contributed by atoms with Crippen LogP contribution >= 0.6 is 11.6 Å². The maximum Gasteiger partial charge on any atom is 0.159 e. The molecule has 0 radical (unpaired) electrons. The van der Waals surface area contributed by atoms with Crippen LogP contribution in [0.25, 0.3) is 16.6 Å². The third kappa shape index (κ3) is 3.40. The van der Waals surface area contributed by atoms with E-state index >= 15 is 0 Å². The Bertz CT molecular complexity index is 1270. The molecule has 2 fully saturated rings. The van der Waals surface area contributed by atoms with E-state index in [2.05, 4.69) is 57.8 Å². The molecule has 2 aromatic carbocycles. The molecule has 0 saturated carbocycles. The molecule has 2 unspecified atom stereocenters. The minimum atomic E-state index is 0.144. The van der Waals surface area contributed by atoms with Crippen LogP contribution in [0.2, 0.25) is 5.02 Å². The van der Waals surface area contributed by atoms with E-state index in [0.29, 0.717) is 17.1 Å². The lowest BCUT2D eigenvalue weighted by Gasteiger charge is -2.27. The molecule has 2 bridgehead atoms. The molecule has 6 nitrogen and oxygen atoms in total. The van der Waals surface area contributed by atoms with Gasteiger partial charge in [0, 0.05) is 53.9 Å². The van der Waals surface area contributed by atoms with Crippen molar-refractivity contribution in [2.45, 2.75) is 31.5 Å². The van der Waals surface area contributed by atoms with Crippen LogP contribution in [-0.2, 0) is 0 Å². The lowest BCUT2D eigenvalue weighted by molar-refractivity contribution is 0.575. The fourth-order valence-corrected chi connectivity index (χ4v) is 5.14. The van der Waals surface area contributed by atoms with Crippen LogP contribution in [0.15, 0.2) is 66.9 Å². The molecule has 2 N–H and O–H groups in total. The van der Waals surface area contributed by atoms with E-state index in [9.17, 15) is 0 Å². The minimum absolute atomic E-state index is 0.144. The summed E-state index contributed by atoms with van der Waals surface area (Å²) in [6, 6.07) is 21.7. The standard InChI is InChI=1S/C25H25ClN6/c1-16(17-5-3-2-4-6-17)29-24-13-20(9-10-27-24)32-23-11-18(26)7-8-22(23)25(30-32)31-15-19-12-21(31)14-28-19/h2-11,13,16,19,21,28H,12,14-15H2,1H3,(H,27,29)/t16-,19?,21?/m0/s1. The van der Waals surface area contributed by atoms with E-state index in [4.69, 9.17) is 16.7 Å². The Morgan fingerprint density at radius 1 is 1.12 bits per heavy atom. The van der Waals surface area contributed by atoms with Gasteiger partial charge in [0.2, 0.25) is 0 Å². The first-order valence-electron chi connectivity index (χ1n) is 11.1. The predicted octanol–water partition coefficient (Wildman–Crippen LogP) is 4.80. The van der Waals surface area contributed by atoms with Gasteiger partial charge < -0.3 is 15.5 Å². The highest BCUT2D eigenvalue weighted by atomic mass is 35.5. The number of piperazine rings is 1. The first-order valence-corrected chi connectivity index (χ1v) is 11.5. The van der Waals surface area contributed by atoms with E-state index in [0.717, 1.165) is 41.3 Å². The van der Waals surface area contributed by atoms with Crippen LogP contribution in [0.5, 0.6) is 0 Å². The van der Waals surface area contributed by atoms with Crippen molar-refractivity contribution in [2.24, 2.45) is 0 Å². The van der Waals surface area contributed by atoms with Crippen molar-refractivity contribution in [1.29, 1.82) is 0 Å². The Balaban J connectivity index is 1.38. The Morgan fingerprint density at radius 2 is 2.00 bits per heavy atom. The van der Waals surface area contributed by atoms with Gasteiger partial charge >= 0.3 is 0 Å². The molecule has 4 heterocycles. The minimum Gasteiger partial charge on any atom is -0.363 e. The van der Waals surface area contributed by atoms with Gasteiger partial charge in [-0.3, -0.25) is 0 Å². The highest BCUT2D eigenvalue weighted by molar-refractivity contribution is 6.31. The van der Waals surface area contributed by atoms with Crippen LogP contribution in [-0.4, -0.2) is 39.9 Å². The van der Waals surface area contributed by atoms with Crippen LogP contribution in [0.3, 0.4) is 0 Å². The molecule has 162 valence electrons. The molecular weight excluding hydrogens is 420 g/mol. The number of fused-ring (bicyclic) bond motifs is 3. The first kappa shape index (κ1) is 19.6. The largest absolute Gasteiger partial charge is 0.363 e. The molecule has 4 aromatic rings. The highest BCUT2D eigenvalue weighted by Crippen LogP contribution is 2.36. The van der Waals surface area contributed by atoms with Crippen molar-refractivity contribution in [3.05, 3.63) is 77.4 Å². The lowest BCUT2D eigenvalue weighted by Crippen LogP contribution is -2.43. The molecule has 7 heteroatoms. The van der Waals surface area contributed by atoms with Gasteiger partial charge in [0.15, 0.2) is 5.82 Å². The summed E-state index contributed by atoms with van der Waals surface area (Å²) < 4.78 is 2.00. The smallest absolute Gasteiger partial charge is 0.159 e. The van der Waals surface area contributed by atoms with Gasteiger partial charge in [-0.25, -0.2) is 9.67 Å². The number of aromatic nitrogens is 3. The number of pyridine rings is 1. The van der Waals surface area contributed by atoms with Crippen molar-refractivity contribution < 1.29 is 0 Å². The van der Waals surface area contributed by atoms with Crippen molar-refractivity contribution >= 4 is 34.1 Å². The fraction of sp³-hybridized carbons (Fsp3) is 0.280. The Hall–Kier alpha value is -3.09. The van der Waals surface area contributed by atoms with Crippen molar-refractivity contribution in [3.8, 4) is 5.69 Å². The monoisotopic (exact) mass is 444 g/mol. The van der Waals surface area contributed by atoms with Gasteiger partial charge in [-0.1, -0.05) is 41.9 Å². The van der Waals surface area contributed by atoms with Crippen LogP contribution in [0, 0.1) is 0 Å². The summed E-state index contributed by atoms with van der Waals surface area (Å²) in [5.41, 5.74) is 3.19. The number of nitrogens with one attached hydrogen (secondary N) is 2. The predicted molar refractivity (Wildman–Crippen MR) is 130 cm³/mol. The molecule has 2 aliphatic heterocycles. The second kappa shape index (κ2) is 7.80. The van der Waals surface area contributed by atoms with E-state index < -0.39 is 0 Å². The summed E-state index contributed by atoms with van der Waals surface area (Å²) in [6.45, 7) is 4.16. The maximum atomic E-state index is 6.39. The molecule has 2 saturated heterocycles. The number of benzene rings is 2. The van der Waals surface area contributed by atoms with Crippen LogP contribution in [0.4, 0.5) is 11.6 Å². The van der Waals surface area contributed by atoms with Gasteiger partial charge in [-0.15, -0.1) is 5.10 Å². The van der Waals surface area contributed by atoms with Crippen LogP contribution < -0.4 is 15.5 Å². The summed E-state index contributed by atoms with van der Waals surface area (Å²) in [5.74, 6) is 1.85.